The Morgan fingerprint density at radius 1 is 1.29 bits per heavy atom. The molecule has 0 bridgehead atoms. The molecular weight excluding hydrogens is 244 g/mol. The van der Waals surface area contributed by atoms with Crippen LogP contribution in [0.3, 0.4) is 0 Å². The molecule has 0 unspecified atom stereocenters. The van der Waals surface area contributed by atoms with Crippen molar-refractivity contribution >= 4 is 15.9 Å². The number of aromatic nitrogens is 2. The number of hydrogen-bond donors (Lipinski definition) is 1. The number of imidazole rings is 1. The van der Waals surface area contributed by atoms with Crippen molar-refractivity contribution in [3.05, 3.63) is 35.2 Å². The fourth-order valence-electron chi connectivity index (χ4n) is 1.23. The summed E-state index contributed by atoms with van der Waals surface area (Å²) in [6, 6.07) is 7.77. The first-order chi connectivity index (χ1) is 6.81. The Kier molecular flexibility index (Phi) is 2.54. The van der Waals surface area contributed by atoms with Gasteiger partial charge in [0, 0.05) is 5.56 Å². The second kappa shape index (κ2) is 3.84. The highest BCUT2D eigenvalue weighted by atomic mass is 79.9. The van der Waals surface area contributed by atoms with Crippen molar-refractivity contribution in [2.45, 2.75) is 0 Å². The van der Waals surface area contributed by atoms with E-state index in [1.807, 2.05) is 24.3 Å². The molecule has 1 heterocycles. The van der Waals surface area contributed by atoms with E-state index in [9.17, 15) is 0 Å². The van der Waals surface area contributed by atoms with Gasteiger partial charge in [-0.1, -0.05) is 0 Å². The average molecular weight is 253 g/mol. The maximum Gasteiger partial charge on any atom is 0.118 e. The summed E-state index contributed by atoms with van der Waals surface area (Å²) in [6.07, 6.45) is 1.66. The number of rotatable bonds is 2. The molecule has 0 amide bonds. The second-order valence-corrected chi connectivity index (χ2v) is 3.59. The lowest BCUT2D eigenvalue weighted by Crippen LogP contribution is -1.83. The minimum Gasteiger partial charge on any atom is -0.497 e. The van der Waals surface area contributed by atoms with Crippen molar-refractivity contribution < 1.29 is 4.74 Å². The molecule has 0 aliphatic carbocycles. The van der Waals surface area contributed by atoms with Crippen LogP contribution in [0.5, 0.6) is 5.75 Å². The fraction of sp³-hybridized carbons (Fsp3) is 0.100. The van der Waals surface area contributed by atoms with Gasteiger partial charge in [0.25, 0.3) is 0 Å². The molecule has 0 atom stereocenters. The van der Waals surface area contributed by atoms with Crippen LogP contribution in [-0.2, 0) is 0 Å². The summed E-state index contributed by atoms with van der Waals surface area (Å²) in [5.41, 5.74) is 1.96. The maximum absolute atomic E-state index is 5.08. The molecule has 2 rings (SSSR count). The van der Waals surface area contributed by atoms with Crippen LogP contribution < -0.4 is 4.74 Å². The van der Waals surface area contributed by atoms with E-state index < -0.39 is 0 Å². The molecule has 0 spiro atoms. The summed E-state index contributed by atoms with van der Waals surface area (Å²) in [5.74, 6) is 0.848. The molecule has 0 aliphatic rings. The summed E-state index contributed by atoms with van der Waals surface area (Å²) in [6.45, 7) is 0. The van der Waals surface area contributed by atoms with E-state index in [0.29, 0.717) is 0 Å². The van der Waals surface area contributed by atoms with Crippen LogP contribution in [0.1, 0.15) is 0 Å². The summed E-state index contributed by atoms with van der Waals surface area (Å²) >= 11 is 3.39. The van der Waals surface area contributed by atoms with Crippen molar-refractivity contribution in [3.63, 3.8) is 0 Å². The van der Waals surface area contributed by atoms with Crippen molar-refractivity contribution in [2.24, 2.45) is 0 Å². The number of H-pyrrole nitrogens is 1. The average Bonchev–Trinajstić information content (AvgIpc) is 2.65. The van der Waals surface area contributed by atoms with Crippen LogP contribution in [0.2, 0.25) is 0 Å². The third-order valence-corrected chi connectivity index (χ3v) is 2.56. The molecule has 0 radical (unpaired) electrons. The number of ether oxygens (including phenoxy) is 1. The highest BCUT2D eigenvalue weighted by molar-refractivity contribution is 9.10. The van der Waals surface area contributed by atoms with Crippen LogP contribution in [0.25, 0.3) is 11.3 Å². The first kappa shape index (κ1) is 9.27. The van der Waals surface area contributed by atoms with E-state index >= 15 is 0 Å². The van der Waals surface area contributed by atoms with Gasteiger partial charge in [-0.25, -0.2) is 4.98 Å². The van der Waals surface area contributed by atoms with Crippen molar-refractivity contribution in [1.82, 2.24) is 9.97 Å². The van der Waals surface area contributed by atoms with Gasteiger partial charge in [0.2, 0.25) is 0 Å². The smallest absolute Gasteiger partial charge is 0.118 e. The van der Waals surface area contributed by atoms with Gasteiger partial charge in [-0.3, -0.25) is 0 Å². The van der Waals surface area contributed by atoms with Crippen LogP contribution >= 0.6 is 15.9 Å². The predicted molar refractivity (Wildman–Crippen MR) is 58.3 cm³/mol. The fourth-order valence-corrected chi connectivity index (χ4v) is 1.66. The molecule has 0 fully saturated rings. The van der Waals surface area contributed by atoms with Crippen molar-refractivity contribution in [2.75, 3.05) is 7.11 Å². The van der Waals surface area contributed by atoms with Crippen LogP contribution in [0.4, 0.5) is 0 Å². The first-order valence-electron chi connectivity index (χ1n) is 4.14. The summed E-state index contributed by atoms with van der Waals surface area (Å²) in [7, 11) is 1.65. The van der Waals surface area contributed by atoms with Crippen LogP contribution in [0.15, 0.2) is 35.2 Å². The molecule has 2 aromatic rings. The molecule has 1 aromatic carbocycles. The largest absolute Gasteiger partial charge is 0.497 e. The monoisotopic (exact) mass is 252 g/mol. The number of nitrogens with zero attached hydrogens (tertiary/aromatic N) is 1. The van der Waals surface area contributed by atoms with E-state index in [0.717, 1.165) is 21.6 Å². The quantitative estimate of drug-likeness (QED) is 0.893. The lowest BCUT2D eigenvalue weighted by Gasteiger charge is -2.00. The van der Waals surface area contributed by atoms with E-state index in [-0.39, 0.29) is 0 Å². The number of halogens is 1. The summed E-state index contributed by atoms with van der Waals surface area (Å²) < 4.78 is 5.97. The normalized spacial score (nSPS) is 10.1. The van der Waals surface area contributed by atoms with Gasteiger partial charge in [-0.15, -0.1) is 0 Å². The molecule has 1 aromatic heterocycles. The Hall–Kier alpha value is -1.29. The Morgan fingerprint density at radius 2 is 2.00 bits per heavy atom. The summed E-state index contributed by atoms with van der Waals surface area (Å²) in [4.78, 5) is 7.17. The third kappa shape index (κ3) is 1.65. The van der Waals surface area contributed by atoms with E-state index in [2.05, 4.69) is 25.9 Å². The van der Waals surface area contributed by atoms with Gasteiger partial charge < -0.3 is 9.72 Å². The van der Waals surface area contributed by atoms with Gasteiger partial charge in [-0.2, -0.15) is 0 Å². The minimum atomic E-state index is 0.848. The number of aromatic amines is 1. The standard InChI is InChI=1S/C10H9BrN2O/c1-14-8-4-2-7(3-5-8)9-10(11)13-6-12-9/h2-6H,1H3,(H,12,13). The molecule has 72 valence electrons. The van der Waals surface area contributed by atoms with Gasteiger partial charge in [0.15, 0.2) is 0 Å². The molecule has 1 N–H and O–H groups in total. The van der Waals surface area contributed by atoms with E-state index in [1.165, 1.54) is 0 Å². The molecular formula is C10H9BrN2O. The number of benzene rings is 1. The highest BCUT2D eigenvalue weighted by Crippen LogP contribution is 2.25. The molecule has 0 saturated heterocycles. The summed E-state index contributed by atoms with van der Waals surface area (Å²) in [5, 5.41) is 0. The molecule has 14 heavy (non-hydrogen) atoms. The zero-order valence-electron chi connectivity index (χ0n) is 7.62. The van der Waals surface area contributed by atoms with Gasteiger partial charge in [0.1, 0.15) is 16.0 Å². The molecule has 0 saturated carbocycles. The molecule has 3 nitrogen and oxygen atoms in total. The Bertz CT molecular complexity index is 422. The van der Waals surface area contributed by atoms with Gasteiger partial charge in [-0.05, 0) is 40.2 Å². The third-order valence-electron chi connectivity index (χ3n) is 1.96. The lowest BCUT2D eigenvalue weighted by molar-refractivity contribution is 0.415. The maximum atomic E-state index is 5.08. The van der Waals surface area contributed by atoms with Gasteiger partial charge >= 0.3 is 0 Å². The molecule has 4 heteroatoms. The van der Waals surface area contributed by atoms with E-state index in [4.69, 9.17) is 4.74 Å². The Morgan fingerprint density at radius 3 is 2.50 bits per heavy atom. The van der Waals surface area contributed by atoms with Crippen molar-refractivity contribution in [1.29, 1.82) is 0 Å². The Balaban J connectivity index is 2.39. The highest BCUT2D eigenvalue weighted by Gasteiger charge is 2.04. The number of nitrogens with one attached hydrogen (secondary N) is 1. The van der Waals surface area contributed by atoms with Gasteiger partial charge in [0.05, 0.1) is 13.4 Å². The van der Waals surface area contributed by atoms with Crippen LogP contribution in [-0.4, -0.2) is 17.1 Å². The van der Waals surface area contributed by atoms with Crippen molar-refractivity contribution in [3.8, 4) is 17.0 Å². The SMILES string of the molecule is COc1ccc(-c2nc[nH]c2Br)cc1. The van der Waals surface area contributed by atoms with E-state index in [1.54, 1.807) is 13.4 Å². The number of hydrogen-bond acceptors (Lipinski definition) is 2. The topological polar surface area (TPSA) is 37.9 Å². The zero-order valence-corrected chi connectivity index (χ0v) is 9.21. The van der Waals surface area contributed by atoms with Crippen LogP contribution in [0, 0.1) is 0 Å². The predicted octanol–water partition coefficient (Wildman–Crippen LogP) is 2.85. The second-order valence-electron chi connectivity index (χ2n) is 2.79. The zero-order chi connectivity index (χ0) is 9.97. The number of methoxy groups -OCH3 is 1. The minimum absolute atomic E-state index is 0.848. The molecule has 0 aliphatic heterocycles. The Labute approximate surface area is 90.3 Å². The first-order valence-corrected chi connectivity index (χ1v) is 4.94. The lowest BCUT2D eigenvalue weighted by atomic mass is 10.2.